The van der Waals surface area contributed by atoms with E-state index in [0.717, 1.165) is 51.6 Å². The lowest BCUT2D eigenvalue weighted by Crippen LogP contribution is -2.56. The van der Waals surface area contributed by atoms with E-state index in [1.165, 1.54) is 17.7 Å². The van der Waals surface area contributed by atoms with Gasteiger partial charge >= 0.3 is 6.18 Å². The van der Waals surface area contributed by atoms with E-state index >= 15 is 0 Å². The molecule has 2 aromatic rings. The Bertz CT molecular complexity index is 1070. The van der Waals surface area contributed by atoms with Crippen LogP contribution in [-0.2, 0) is 22.3 Å². The van der Waals surface area contributed by atoms with Crippen molar-refractivity contribution in [3.8, 4) is 0 Å². The van der Waals surface area contributed by atoms with Crippen LogP contribution in [0.15, 0.2) is 48.8 Å². The summed E-state index contributed by atoms with van der Waals surface area (Å²) in [4.78, 5) is 26.2. The molecule has 3 saturated heterocycles. The zero-order valence-electron chi connectivity index (χ0n) is 22.4. The number of morpholine rings is 1. The first-order chi connectivity index (χ1) is 18.9. The summed E-state index contributed by atoms with van der Waals surface area (Å²) >= 11 is 0. The van der Waals surface area contributed by atoms with Gasteiger partial charge in [-0.3, -0.25) is 19.6 Å². The van der Waals surface area contributed by atoms with Crippen LogP contribution in [0, 0.1) is 5.92 Å². The van der Waals surface area contributed by atoms with E-state index in [-0.39, 0.29) is 5.91 Å². The molecule has 3 aliphatic rings. The van der Waals surface area contributed by atoms with Gasteiger partial charge in [0.1, 0.15) is 0 Å². The molecule has 0 radical (unpaired) electrons. The molecule has 1 aromatic heterocycles. The molecule has 0 spiro atoms. The van der Waals surface area contributed by atoms with Crippen molar-refractivity contribution in [2.75, 3.05) is 70.5 Å². The number of anilines is 1. The van der Waals surface area contributed by atoms with Gasteiger partial charge in [-0.2, -0.15) is 13.2 Å². The van der Waals surface area contributed by atoms with Crippen molar-refractivity contribution in [2.24, 2.45) is 5.92 Å². The normalized spacial score (nSPS) is 23.7. The molecule has 5 rings (SSSR count). The smallest absolute Gasteiger partial charge is 0.378 e. The van der Waals surface area contributed by atoms with E-state index in [9.17, 15) is 18.0 Å². The molecule has 3 aliphatic heterocycles. The third-order valence-electron chi connectivity index (χ3n) is 8.32. The molecule has 3 fully saturated rings. The summed E-state index contributed by atoms with van der Waals surface area (Å²) < 4.78 is 45.1. The largest absolute Gasteiger partial charge is 0.416 e. The molecule has 0 unspecified atom stereocenters. The fourth-order valence-electron chi connectivity index (χ4n) is 6.22. The molecule has 4 heterocycles. The van der Waals surface area contributed by atoms with Crippen LogP contribution in [-0.4, -0.2) is 97.2 Å². The maximum absolute atomic E-state index is 13.2. The first kappa shape index (κ1) is 27.9. The van der Waals surface area contributed by atoms with E-state index in [4.69, 9.17) is 4.74 Å². The first-order valence-electron chi connectivity index (χ1n) is 14.0. The number of aromatic nitrogens is 1. The summed E-state index contributed by atoms with van der Waals surface area (Å²) in [6, 6.07) is 10.1. The Morgan fingerprint density at radius 3 is 2.51 bits per heavy atom. The number of amides is 1. The Hall–Kier alpha value is -2.69. The summed E-state index contributed by atoms with van der Waals surface area (Å²) in [6.07, 6.45) is 1.74. The van der Waals surface area contributed by atoms with Gasteiger partial charge in [-0.05, 0) is 55.1 Å². The van der Waals surface area contributed by atoms with Crippen LogP contribution in [0.2, 0.25) is 0 Å². The minimum absolute atomic E-state index is 0.204. The molecular formula is C29H38F3N5O2. The van der Waals surface area contributed by atoms with Crippen molar-refractivity contribution in [2.45, 2.75) is 38.0 Å². The number of ether oxygens (including phenoxy) is 1. The van der Waals surface area contributed by atoms with Crippen LogP contribution in [0.4, 0.5) is 18.9 Å². The number of piperazine rings is 1. The van der Waals surface area contributed by atoms with Gasteiger partial charge in [0.25, 0.3) is 0 Å². The van der Waals surface area contributed by atoms with Crippen LogP contribution in [0.5, 0.6) is 0 Å². The standard InChI is InChI=1S/C29H38F3N5O2/c30-29(31,32)25-4-1-5-26(19-25)35-11-13-36(14-12-35)27-8-10-34(21-23-3-2-9-33-20-23)22-24(27)6-7-28(38)37-15-17-39-18-16-37/h1-5,9,19-20,24,27H,6-8,10-18,21-22H2/t24-,27+/m1/s1. The van der Waals surface area contributed by atoms with Gasteiger partial charge < -0.3 is 14.5 Å². The summed E-state index contributed by atoms with van der Waals surface area (Å²) in [7, 11) is 0. The molecule has 39 heavy (non-hydrogen) atoms. The Labute approximate surface area is 228 Å². The highest BCUT2D eigenvalue weighted by Crippen LogP contribution is 2.33. The predicted molar refractivity (Wildman–Crippen MR) is 143 cm³/mol. The second-order valence-electron chi connectivity index (χ2n) is 10.8. The number of carbonyl (C=O) groups is 1. The molecule has 1 aromatic carbocycles. The summed E-state index contributed by atoms with van der Waals surface area (Å²) in [5, 5.41) is 0. The zero-order chi connectivity index (χ0) is 27.2. The minimum atomic E-state index is -4.34. The number of hydrogen-bond donors (Lipinski definition) is 0. The highest BCUT2D eigenvalue weighted by molar-refractivity contribution is 5.76. The Morgan fingerprint density at radius 1 is 1.00 bits per heavy atom. The SMILES string of the molecule is O=C(CC[C@@H]1CN(Cc2cccnc2)CC[C@@H]1N1CCN(c2cccc(C(F)(F)F)c2)CC1)N1CCOCC1. The van der Waals surface area contributed by atoms with Crippen molar-refractivity contribution in [1.29, 1.82) is 0 Å². The molecule has 0 aliphatic carbocycles. The number of benzene rings is 1. The molecule has 0 N–H and O–H groups in total. The van der Waals surface area contributed by atoms with Crippen LogP contribution in [0.3, 0.4) is 0 Å². The minimum Gasteiger partial charge on any atom is -0.378 e. The number of alkyl halides is 3. The number of pyridine rings is 1. The van der Waals surface area contributed by atoms with Gasteiger partial charge in [0.05, 0.1) is 18.8 Å². The van der Waals surface area contributed by atoms with Crippen LogP contribution < -0.4 is 4.90 Å². The Kier molecular flexibility index (Phi) is 9.04. The number of likely N-dealkylation sites (tertiary alicyclic amines) is 1. The lowest BCUT2D eigenvalue weighted by molar-refractivity contribution is -0.137. The van der Waals surface area contributed by atoms with Crippen molar-refractivity contribution < 1.29 is 22.7 Å². The van der Waals surface area contributed by atoms with E-state index < -0.39 is 11.7 Å². The molecular weight excluding hydrogens is 507 g/mol. The highest BCUT2D eigenvalue weighted by atomic mass is 19.4. The molecule has 7 nitrogen and oxygen atoms in total. The van der Waals surface area contributed by atoms with Crippen molar-refractivity contribution in [3.63, 3.8) is 0 Å². The number of nitrogens with zero attached hydrogens (tertiary/aromatic N) is 5. The third kappa shape index (κ3) is 7.29. The summed E-state index contributed by atoms with van der Waals surface area (Å²) in [5.74, 6) is 0.552. The van der Waals surface area contributed by atoms with Gasteiger partial charge in [-0.25, -0.2) is 0 Å². The zero-order valence-corrected chi connectivity index (χ0v) is 22.4. The number of halogens is 3. The highest BCUT2D eigenvalue weighted by Gasteiger charge is 2.36. The third-order valence-corrected chi connectivity index (χ3v) is 8.32. The molecule has 10 heteroatoms. The van der Waals surface area contributed by atoms with Gasteiger partial charge in [0.15, 0.2) is 0 Å². The number of rotatable bonds is 7. The lowest BCUT2D eigenvalue weighted by atomic mass is 9.86. The maximum Gasteiger partial charge on any atom is 0.416 e. The number of piperidine rings is 1. The van der Waals surface area contributed by atoms with Gasteiger partial charge in [-0.1, -0.05) is 12.1 Å². The first-order valence-corrected chi connectivity index (χ1v) is 14.0. The van der Waals surface area contributed by atoms with E-state index in [1.807, 2.05) is 17.2 Å². The second-order valence-corrected chi connectivity index (χ2v) is 10.8. The van der Waals surface area contributed by atoms with E-state index in [0.29, 0.717) is 63.5 Å². The average Bonchev–Trinajstić information content (AvgIpc) is 2.97. The molecule has 212 valence electrons. The Balaban J connectivity index is 1.22. The molecule has 2 atom stereocenters. The number of carbonyl (C=O) groups excluding carboxylic acids is 1. The monoisotopic (exact) mass is 545 g/mol. The van der Waals surface area contributed by atoms with Crippen LogP contribution >= 0.6 is 0 Å². The fourth-order valence-corrected chi connectivity index (χ4v) is 6.22. The average molecular weight is 546 g/mol. The van der Waals surface area contributed by atoms with Crippen LogP contribution in [0.1, 0.15) is 30.4 Å². The van der Waals surface area contributed by atoms with Crippen molar-refractivity contribution in [1.82, 2.24) is 19.7 Å². The Morgan fingerprint density at radius 2 is 1.79 bits per heavy atom. The molecule has 1 amide bonds. The second kappa shape index (κ2) is 12.7. The number of hydrogen-bond acceptors (Lipinski definition) is 6. The predicted octanol–water partition coefficient (Wildman–Crippen LogP) is 3.75. The van der Waals surface area contributed by atoms with Gasteiger partial charge in [0.2, 0.25) is 5.91 Å². The maximum atomic E-state index is 13.2. The topological polar surface area (TPSA) is 52.2 Å². The van der Waals surface area contributed by atoms with Crippen molar-refractivity contribution in [3.05, 3.63) is 59.9 Å². The summed E-state index contributed by atoms with van der Waals surface area (Å²) in [6.45, 7) is 8.26. The van der Waals surface area contributed by atoms with E-state index in [1.54, 1.807) is 12.3 Å². The fraction of sp³-hybridized carbons (Fsp3) is 0.586. The van der Waals surface area contributed by atoms with E-state index in [2.05, 4.69) is 25.8 Å². The molecule has 0 bridgehead atoms. The van der Waals surface area contributed by atoms with Gasteiger partial charge in [-0.15, -0.1) is 0 Å². The lowest BCUT2D eigenvalue weighted by Gasteiger charge is -2.47. The van der Waals surface area contributed by atoms with Crippen LogP contribution in [0.25, 0.3) is 0 Å². The molecule has 0 saturated carbocycles. The van der Waals surface area contributed by atoms with Gasteiger partial charge in [0, 0.05) is 82.9 Å². The van der Waals surface area contributed by atoms with Crippen molar-refractivity contribution >= 4 is 11.6 Å². The quantitative estimate of drug-likeness (QED) is 0.529. The summed E-state index contributed by atoms with van der Waals surface area (Å²) in [5.41, 5.74) is 1.21.